The third kappa shape index (κ3) is 6.25. The summed E-state index contributed by atoms with van der Waals surface area (Å²) in [5.74, 6) is 0.214. The van der Waals surface area contributed by atoms with E-state index in [1.807, 2.05) is 0 Å². The van der Waals surface area contributed by atoms with Crippen LogP contribution in [0.3, 0.4) is 0 Å². The number of hydrogen-bond donors (Lipinski definition) is 4. The predicted molar refractivity (Wildman–Crippen MR) is 179 cm³/mol. The Morgan fingerprint density at radius 3 is 2.27 bits per heavy atom. The summed E-state index contributed by atoms with van der Waals surface area (Å²) in [4.78, 5) is 39.4. The maximum Gasteiger partial charge on any atom is 0.306 e. The van der Waals surface area contributed by atoms with Gasteiger partial charge in [0.05, 0.1) is 37.9 Å². The van der Waals surface area contributed by atoms with Gasteiger partial charge in [-0.1, -0.05) is 13.8 Å². The van der Waals surface area contributed by atoms with Crippen molar-refractivity contribution in [3.63, 3.8) is 0 Å². The van der Waals surface area contributed by atoms with Crippen molar-refractivity contribution >= 4 is 17.7 Å². The van der Waals surface area contributed by atoms with Crippen molar-refractivity contribution in [2.45, 2.75) is 159 Å². The van der Waals surface area contributed by atoms with Gasteiger partial charge >= 0.3 is 11.9 Å². The van der Waals surface area contributed by atoms with E-state index in [9.17, 15) is 34.8 Å². The summed E-state index contributed by atoms with van der Waals surface area (Å²) in [5.41, 5.74) is -1.13. The first kappa shape index (κ1) is 38.5. The molecule has 1 spiro atoms. The third-order valence-corrected chi connectivity index (χ3v) is 14.7. The largest absolute Gasteiger partial charge is 0.465 e. The van der Waals surface area contributed by atoms with Crippen molar-refractivity contribution in [3.05, 3.63) is 0 Å². The minimum Gasteiger partial charge on any atom is -0.465 e. The number of carbonyl (C=O) groups is 3. The van der Waals surface area contributed by atoms with E-state index in [0.29, 0.717) is 25.2 Å². The van der Waals surface area contributed by atoms with E-state index in [2.05, 4.69) is 13.8 Å². The van der Waals surface area contributed by atoms with Gasteiger partial charge in [-0.15, -0.1) is 0 Å². The Hall–Kier alpha value is -1.75. The fraction of sp³-hybridized carbons (Fsp3) is 0.921. The third-order valence-electron chi connectivity index (χ3n) is 14.7. The number of hydrogen-bond acceptors (Lipinski definition) is 14. The lowest BCUT2D eigenvalue weighted by Gasteiger charge is -2.67. The molecule has 0 amide bonds. The number of ether oxygens (including phenoxy) is 7. The molecule has 4 saturated carbocycles. The van der Waals surface area contributed by atoms with Crippen molar-refractivity contribution in [1.82, 2.24) is 0 Å². The first-order chi connectivity index (χ1) is 24.7. The maximum absolute atomic E-state index is 14.7. The fourth-order valence-corrected chi connectivity index (χ4v) is 12.2. The molecule has 18 atom stereocenters. The van der Waals surface area contributed by atoms with Crippen LogP contribution in [-0.4, -0.2) is 126 Å². The molecule has 14 nitrogen and oxygen atoms in total. The zero-order chi connectivity index (χ0) is 37.3. The Balaban J connectivity index is 1.05. The summed E-state index contributed by atoms with van der Waals surface area (Å²) in [5, 5.41) is 40.6. The molecule has 3 heterocycles. The highest BCUT2D eigenvalue weighted by atomic mass is 16.7. The molecule has 7 fully saturated rings. The van der Waals surface area contributed by atoms with Crippen molar-refractivity contribution in [2.75, 3.05) is 20.3 Å². The standard InChI is InChI=1S/C38H58O14/c1-18-32(52-34-31(44)30(43)29(42)25(16-39)51-34)24(46-5)15-28(48-18)50-23-8-10-36(3)22(33(23)49-19(2)40)7-13-38-12-6-21(20-14-27(41)47-17-20)37(4,35(38)45)11-9-26(36)38/h18,20-26,28-34,39,42-44H,6-17H2,1-5H3. The zero-order valence-corrected chi connectivity index (χ0v) is 31.0. The van der Waals surface area contributed by atoms with E-state index in [-0.39, 0.29) is 47.4 Å². The van der Waals surface area contributed by atoms with Crippen LogP contribution in [0.5, 0.6) is 0 Å². The van der Waals surface area contributed by atoms with E-state index >= 15 is 0 Å². The molecule has 3 aliphatic heterocycles. The second-order valence-corrected chi connectivity index (χ2v) is 17.3. The molecule has 14 heteroatoms. The van der Waals surface area contributed by atoms with E-state index in [1.165, 1.54) is 14.0 Å². The number of ketones is 1. The van der Waals surface area contributed by atoms with Crippen LogP contribution in [0.4, 0.5) is 0 Å². The van der Waals surface area contributed by atoms with Crippen LogP contribution in [0, 0.1) is 39.9 Å². The van der Waals surface area contributed by atoms with Crippen molar-refractivity contribution in [3.8, 4) is 0 Å². The minimum absolute atomic E-state index is 0.0111. The van der Waals surface area contributed by atoms with Gasteiger partial charge in [0.25, 0.3) is 0 Å². The van der Waals surface area contributed by atoms with Crippen molar-refractivity contribution < 1.29 is 68.0 Å². The summed E-state index contributed by atoms with van der Waals surface area (Å²) in [6.07, 6.45) is -3.76. The highest BCUT2D eigenvalue weighted by Gasteiger charge is 2.69. The molecule has 0 radical (unpaired) electrons. The first-order valence-electron chi connectivity index (χ1n) is 19.3. The molecule has 0 aromatic rings. The molecular weight excluding hydrogens is 680 g/mol. The zero-order valence-electron chi connectivity index (χ0n) is 31.0. The molecule has 294 valence electrons. The Bertz CT molecular complexity index is 1360. The molecule has 4 aliphatic carbocycles. The van der Waals surface area contributed by atoms with Gasteiger partial charge < -0.3 is 53.6 Å². The number of cyclic esters (lactones) is 1. The molecule has 52 heavy (non-hydrogen) atoms. The van der Waals surface area contributed by atoms with Crippen LogP contribution < -0.4 is 0 Å². The van der Waals surface area contributed by atoms with Crippen LogP contribution in [0.15, 0.2) is 0 Å². The quantitative estimate of drug-likeness (QED) is 0.208. The number of aliphatic hydroxyl groups excluding tert-OH is 4. The van der Waals surface area contributed by atoms with E-state index in [4.69, 9.17) is 33.2 Å². The number of esters is 2. The molecule has 7 aliphatic rings. The van der Waals surface area contributed by atoms with Crippen LogP contribution in [0.1, 0.15) is 91.9 Å². The lowest BCUT2D eigenvalue weighted by atomic mass is 9.36. The molecule has 2 bridgehead atoms. The van der Waals surface area contributed by atoms with E-state index in [0.717, 1.165) is 44.9 Å². The number of fused-ring (bicyclic) bond motifs is 3. The monoisotopic (exact) mass is 738 g/mol. The summed E-state index contributed by atoms with van der Waals surface area (Å²) in [6, 6.07) is 0. The molecule has 7 rings (SSSR count). The Labute approximate surface area is 305 Å². The van der Waals surface area contributed by atoms with E-state index < -0.39 is 85.0 Å². The van der Waals surface area contributed by atoms with Gasteiger partial charge in [0.2, 0.25) is 0 Å². The number of Topliss-reactive ketones (excluding diaryl/α,β-unsaturated/α-hetero) is 1. The molecule has 3 saturated heterocycles. The summed E-state index contributed by atoms with van der Waals surface area (Å²) in [7, 11) is 1.53. The molecule has 18 unspecified atom stereocenters. The highest BCUT2D eigenvalue weighted by Crippen LogP contribution is 2.70. The van der Waals surface area contributed by atoms with Gasteiger partial charge in [-0.3, -0.25) is 14.4 Å². The van der Waals surface area contributed by atoms with Gasteiger partial charge in [0.15, 0.2) is 12.6 Å². The topological polar surface area (TPSA) is 197 Å². The van der Waals surface area contributed by atoms with Gasteiger partial charge in [-0.2, -0.15) is 0 Å². The number of carbonyl (C=O) groups excluding carboxylic acids is 3. The molecule has 0 aromatic heterocycles. The molecular formula is C38H58O14. The first-order valence-corrected chi connectivity index (χ1v) is 19.3. The summed E-state index contributed by atoms with van der Waals surface area (Å²) < 4.78 is 41.9. The molecule has 0 aromatic carbocycles. The van der Waals surface area contributed by atoms with Crippen LogP contribution >= 0.6 is 0 Å². The Morgan fingerprint density at radius 2 is 1.62 bits per heavy atom. The number of methoxy groups -OCH3 is 1. The second kappa shape index (κ2) is 14.4. The van der Waals surface area contributed by atoms with Crippen LogP contribution in [0.2, 0.25) is 0 Å². The van der Waals surface area contributed by atoms with Crippen LogP contribution in [0.25, 0.3) is 0 Å². The second-order valence-electron chi connectivity index (χ2n) is 17.3. The van der Waals surface area contributed by atoms with Crippen molar-refractivity contribution in [2.24, 2.45) is 39.9 Å². The normalized spacial score (nSPS) is 52.0. The lowest BCUT2D eigenvalue weighted by molar-refractivity contribution is -0.347. The average Bonchev–Trinajstić information content (AvgIpc) is 3.53. The highest BCUT2D eigenvalue weighted by molar-refractivity contribution is 5.92. The number of aliphatic hydroxyl groups is 4. The number of rotatable bonds is 8. The van der Waals surface area contributed by atoms with Gasteiger partial charge in [0.1, 0.15) is 42.4 Å². The lowest BCUT2D eigenvalue weighted by Crippen LogP contribution is -2.67. The maximum atomic E-state index is 14.7. The predicted octanol–water partition coefficient (Wildman–Crippen LogP) is 1.79. The Kier molecular flexibility index (Phi) is 10.7. The smallest absolute Gasteiger partial charge is 0.306 e. The van der Waals surface area contributed by atoms with Gasteiger partial charge in [-0.05, 0) is 75.5 Å². The summed E-state index contributed by atoms with van der Waals surface area (Å²) in [6.45, 7) is 7.46. The summed E-state index contributed by atoms with van der Waals surface area (Å²) >= 11 is 0. The Morgan fingerprint density at radius 1 is 0.885 bits per heavy atom. The molecule has 4 N–H and O–H groups in total. The van der Waals surface area contributed by atoms with E-state index in [1.54, 1.807) is 6.92 Å². The van der Waals surface area contributed by atoms with Gasteiger partial charge in [-0.25, -0.2) is 0 Å². The minimum atomic E-state index is -1.58. The van der Waals surface area contributed by atoms with Gasteiger partial charge in [0, 0.05) is 43.1 Å². The van der Waals surface area contributed by atoms with Crippen LogP contribution in [-0.2, 0) is 47.5 Å². The average molecular weight is 739 g/mol. The fourth-order valence-electron chi connectivity index (χ4n) is 12.2. The SMILES string of the molecule is COC1CC(OC2CCC3(C)C(CCC45CCC(C6COC(=O)C6)C(C)(CCC43)C5=O)C2OC(C)=O)OC(C)C1OC1OC(CO)C(O)C(O)C1O. The van der Waals surface area contributed by atoms with Crippen molar-refractivity contribution in [1.29, 1.82) is 0 Å².